The van der Waals surface area contributed by atoms with Crippen molar-refractivity contribution >= 4 is 11.8 Å². The van der Waals surface area contributed by atoms with E-state index in [0.29, 0.717) is 5.92 Å². The molecule has 0 bridgehead atoms. The molecule has 1 aliphatic heterocycles. The van der Waals surface area contributed by atoms with Crippen LogP contribution in [0.5, 0.6) is 0 Å². The van der Waals surface area contributed by atoms with E-state index < -0.39 is 0 Å². The topological polar surface area (TPSA) is 35.2 Å². The molecule has 1 saturated heterocycles. The van der Waals surface area contributed by atoms with Crippen LogP contribution in [0.1, 0.15) is 39.7 Å². The van der Waals surface area contributed by atoms with Gasteiger partial charge < -0.3 is 10.5 Å². The molecule has 0 spiro atoms. The molecule has 2 rings (SSSR count). The largest absolute Gasteiger partial charge is 0.369 e. The minimum absolute atomic E-state index is 0.0558. The summed E-state index contributed by atoms with van der Waals surface area (Å²) < 4.78 is 6.15. The van der Waals surface area contributed by atoms with Gasteiger partial charge in [-0.2, -0.15) is 0 Å². The first-order chi connectivity index (χ1) is 9.20. The van der Waals surface area contributed by atoms with Crippen molar-refractivity contribution in [3.8, 4) is 0 Å². The van der Waals surface area contributed by atoms with E-state index in [-0.39, 0.29) is 17.2 Å². The summed E-state index contributed by atoms with van der Waals surface area (Å²) in [6.07, 6.45) is 1.04. The van der Waals surface area contributed by atoms with Crippen molar-refractivity contribution in [2.24, 2.45) is 11.7 Å². The molecular weight excluding hydrogens is 266 g/mol. The number of hydrogen-bond acceptors (Lipinski definition) is 3. The van der Waals surface area contributed by atoms with Crippen molar-refractivity contribution in [3.63, 3.8) is 0 Å². The minimum atomic E-state index is -0.129. The predicted molar refractivity (Wildman–Crippen MR) is 87.2 cm³/mol. The van der Waals surface area contributed by atoms with E-state index in [9.17, 15) is 0 Å². The summed E-state index contributed by atoms with van der Waals surface area (Å²) in [4.78, 5) is 1.30. The van der Waals surface area contributed by atoms with Gasteiger partial charge in [0.25, 0.3) is 0 Å². The molecule has 1 aromatic rings. The second-order valence-corrected chi connectivity index (χ2v) is 8.16. The molecule has 2 N–H and O–H groups in total. The Kier molecular flexibility index (Phi) is 4.53. The first kappa shape index (κ1) is 15.9. The van der Waals surface area contributed by atoms with E-state index in [1.54, 1.807) is 0 Å². The first-order valence-electron chi connectivity index (χ1n) is 7.35. The Morgan fingerprint density at radius 3 is 2.60 bits per heavy atom. The summed E-state index contributed by atoms with van der Waals surface area (Å²) in [6, 6.07) is 8.77. The van der Waals surface area contributed by atoms with Gasteiger partial charge in [0, 0.05) is 22.6 Å². The fourth-order valence-electron chi connectivity index (χ4n) is 3.29. The highest BCUT2D eigenvalue weighted by Crippen LogP contribution is 2.43. The molecule has 20 heavy (non-hydrogen) atoms. The molecule has 1 aliphatic rings. The van der Waals surface area contributed by atoms with E-state index in [1.807, 2.05) is 11.8 Å². The van der Waals surface area contributed by atoms with Crippen LogP contribution in [0.3, 0.4) is 0 Å². The zero-order chi connectivity index (χ0) is 15.0. The lowest BCUT2D eigenvalue weighted by Gasteiger charge is -2.30. The maximum absolute atomic E-state index is 6.46. The molecule has 0 aliphatic carbocycles. The van der Waals surface area contributed by atoms with E-state index in [2.05, 4.69) is 58.9 Å². The third-order valence-electron chi connectivity index (χ3n) is 4.09. The van der Waals surface area contributed by atoms with Crippen molar-refractivity contribution in [1.29, 1.82) is 0 Å². The Labute approximate surface area is 127 Å². The van der Waals surface area contributed by atoms with Gasteiger partial charge in [0.2, 0.25) is 0 Å². The Bertz CT molecular complexity index is 470. The van der Waals surface area contributed by atoms with Crippen LogP contribution in [-0.4, -0.2) is 23.0 Å². The maximum atomic E-state index is 6.46. The summed E-state index contributed by atoms with van der Waals surface area (Å²) in [5, 5.41) is 0. The fraction of sp³-hybridized carbons (Fsp3) is 0.647. The van der Waals surface area contributed by atoms with E-state index in [1.165, 1.54) is 10.5 Å². The molecular formula is C17H27NOS. The molecule has 1 aromatic carbocycles. The van der Waals surface area contributed by atoms with Crippen molar-refractivity contribution < 1.29 is 4.74 Å². The van der Waals surface area contributed by atoms with Gasteiger partial charge in [0.15, 0.2) is 0 Å². The van der Waals surface area contributed by atoms with E-state index >= 15 is 0 Å². The standard InChI is InChI=1S/C17H27NOS/c1-12-7-6-8-13(9-12)20-11-15(18)14-10-16(2,3)19-17(14,4)5/h6-9,14-15H,10-11,18H2,1-5H3. The zero-order valence-electron chi connectivity index (χ0n) is 13.3. The minimum Gasteiger partial charge on any atom is -0.369 e. The number of ether oxygens (including phenoxy) is 1. The van der Waals surface area contributed by atoms with Crippen molar-refractivity contribution in [2.75, 3.05) is 5.75 Å². The highest BCUT2D eigenvalue weighted by Gasteiger charge is 2.47. The average Bonchev–Trinajstić information content (AvgIpc) is 2.54. The highest BCUT2D eigenvalue weighted by molar-refractivity contribution is 7.99. The SMILES string of the molecule is Cc1cccc(SCC(N)C2CC(C)(C)OC2(C)C)c1. The van der Waals surface area contributed by atoms with E-state index in [0.717, 1.165) is 12.2 Å². The molecule has 0 saturated carbocycles. The smallest absolute Gasteiger partial charge is 0.0677 e. The highest BCUT2D eigenvalue weighted by atomic mass is 32.2. The normalized spacial score (nSPS) is 25.6. The summed E-state index contributed by atoms with van der Waals surface area (Å²) in [6.45, 7) is 10.8. The molecule has 2 unspecified atom stereocenters. The van der Waals surface area contributed by atoms with Crippen molar-refractivity contribution in [1.82, 2.24) is 0 Å². The van der Waals surface area contributed by atoms with Gasteiger partial charge in [-0.1, -0.05) is 17.7 Å². The number of benzene rings is 1. The van der Waals surface area contributed by atoms with Crippen LogP contribution in [-0.2, 0) is 4.74 Å². The lowest BCUT2D eigenvalue weighted by atomic mass is 9.83. The molecule has 0 amide bonds. The molecule has 0 radical (unpaired) electrons. The van der Waals surface area contributed by atoms with Crippen molar-refractivity contribution in [3.05, 3.63) is 29.8 Å². The lowest BCUT2D eigenvalue weighted by molar-refractivity contribution is -0.0759. The fourth-order valence-corrected chi connectivity index (χ4v) is 4.35. The van der Waals surface area contributed by atoms with Crippen LogP contribution in [0.4, 0.5) is 0 Å². The van der Waals surface area contributed by atoms with Gasteiger partial charge in [-0.25, -0.2) is 0 Å². The van der Waals surface area contributed by atoms with Gasteiger partial charge in [-0.05, 0) is 53.2 Å². The number of nitrogens with two attached hydrogens (primary N) is 1. The summed E-state index contributed by atoms with van der Waals surface area (Å²) in [5.74, 6) is 1.35. The first-order valence-corrected chi connectivity index (χ1v) is 8.33. The quantitative estimate of drug-likeness (QED) is 0.852. The third-order valence-corrected chi connectivity index (χ3v) is 5.23. The zero-order valence-corrected chi connectivity index (χ0v) is 14.1. The van der Waals surface area contributed by atoms with Crippen LogP contribution in [0.25, 0.3) is 0 Å². The van der Waals surface area contributed by atoms with Crippen molar-refractivity contribution in [2.45, 2.75) is 63.2 Å². The number of rotatable bonds is 4. The molecule has 2 nitrogen and oxygen atoms in total. The summed E-state index contributed by atoms with van der Waals surface area (Å²) in [5.41, 5.74) is 7.58. The van der Waals surface area contributed by atoms with Crippen LogP contribution in [0.15, 0.2) is 29.2 Å². The molecule has 2 atom stereocenters. The lowest BCUT2D eigenvalue weighted by Crippen LogP contribution is -2.42. The van der Waals surface area contributed by atoms with Gasteiger partial charge >= 0.3 is 0 Å². The summed E-state index contributed by atoms with van der Waals surface area (Å²) >= 11 is 1.85. The molecule has 112 valence electrons. The second-order valence-electron chi connectivity index (χ2n) is 7.07. The number of hydrogen-bond donors (Lipinski definition) is 1. The van der Waals surface area contributed by atoms with Crippen LogP contribution >= 0.6 is 11.8 Å². The van der Waals surface area contributed by atoms with Gasteiger partial charge in [0.05, 0.1) is 11.2 Å². The number of aryl methyl sites for hydroxylation is 1. The molecule has 1 heterocycles. The number of thioether (sulfide) groups is 1. The Morgan fingerprint density at radius 2 is 2.05 bits per heavy atom. The maximum Gasteiger partial charge on any atom is 0.0677 e. The van der Waals surface area contributed by atoms with Crippen LogP contribution in [0.2, 0.25) is 0 Å². The summed E-state index contributed by atoms with van der Waals surface area (Å²) in [7, 11) is 0. The Morgan fingerprint density at radius 1 is 1.35 bits per heavy atom. The van der Waals surface area contributed by atoms with E-state index in [4.69, 9.17) is 10.5 Å². The van der Waals surface area contributed by atoms with Gasteiger partial charge in [-0.3, -0.25) is 0 Å². The monoisotopic (exact) mass is 293 g/mol. The average molecular weight is 293 g/mol. The predicted octanol–water partition coefficient (Wildman–Crippen LogP) is 4.01. The molecule has 0 aromatic heterocycles. The molecule has 1 fully saturated rings. The third kappa shape index (κ3) is 3.78. The van der Waals surface area contributed by atoms with Gasteiger partial charge in [0.1, 0.15) is 0 Å². The molecule has 3 heteroatoms. The van der Waals surface area contributed by atoms with Crippen LogP contribution < -0.4 is 5.73 Å². The van der Waals surface area contributed by atoms with Gasteiger partial charge in [-0.15, -0.1) is 11.8 Å². The Hall–Kier alpha value is -0.510. The Balaban J connectivity index is 1.97. The second kappa shape index (κ2) is 5.70. The van der Waals surface area contributed by atoms with Crippen LogP contribution in [0, 0.1) is 12.8 Å².